The van der Waals surface area contributed by atoms with Gasteiger partial charge in [-0.25, -0.2) is 0 Å². The molecule has 0 saturated carbocycles. The molecule has 1 heterocycles. The van der Waals surface area contributed by atoms with Crippen molar-refractivity contribution >= 4 is 0 Å². The molecule has 17 heavy (non-hydrogen) atoms. The topological polar surface area (TPSA) is 24.5 Å². The lowest BCUT2D eigenvalue weighted by Crippen LogP contribution is -2.43. The lowest BCUT2D eigenvalue weighted by atomic mass is 10.1. The van der Waals surface area contributed by atoms with Crippen molar-refractivity contribution in [1.82, 2.24) is 10.2 Å². The molecule has 1 saturated heterocycles. The molecule has 1 N–H and O–H groups in total. The van der Waals surface area contributed by atoms with Crippen molar-refractivity contribution in [2.24, 2.45) is 0 Å². The summed E-state index contributed by atoms with van der Waals surface area (Å²) in [6.45, 7) is 12.2. The van der Waals surface area contributed by atoms with E-state index in [2.05, 4.69) is 31.0 Å². The fourth-order valence-corrected chi connectivity index (χ4v) is 2.41. The summed E-state index contributed by atoms with van der Waals surface area (Å²) in [6, 6.07) is 0.635. The van der Waals surface area contributed by atoms with Crippen molar-refractivity contribution < 1.29 is 4.74 Å². The quantitative estimate of drug-likeness (QED) is 0.671. The zero-order chi connectivity index (χ0) is 12.5. The highest BCUT2D eigenvalue weighted by atomic mass is 16.5. The molecule has 0 aromatic heterocycles. The largest absolute Gasteiger partial charge is 0.377 e. The Morgan fingerprint density at radius 1 is 1.35 bits per heavy atom. The molecular weight excluding hydrogens is 212 g/mol. The van der Waals surface area contributed by atoms with Gasteiger partial charge in [0, 0.05) is 25.7 Å². The van der Waals surface area contributed by atoms with Crippen LogP contribution in [0.1, 0.15) is 46.5 Å². The Bertz CT molecular complexity index is 181. The molecule has 102 valence electrons. The first-order valence-electron chi connectivity index (χ1n) is 7.37. The van der Waals surface area contributed by atoms with E-state index in [1.165, 1.54) is 25.7 Å². The molecule has 1 fully saturated rings. The summed E-state index contributed by atoms with van der Waals surface area (Å²) < 4.78 is 5.72. The lowest BCUT2D eigenvalue weighted by Gasteiger charge is -2.28. The summed E-state index contributed by atoms with van der Waals surface area (Å²) in [5.41, 5.74) is 0. The van der Waals surface area contributed by atoms with Crippen molar-refractivity contribution in [3.05, 3.63) is 0 Å². The molecule has 0 aromatic rings. The number of hydrogen-bond donors (Lipinski definition) is 1. The van der Waals surface area contributed by atoms with Crippen LogP contribution in [0, 0.1) is 0 Å². The number of nitrogens with one attached hydrogen (secondary N) is 1. The molecule has 0 amide bonds. The second-order valence-electron chi connectivity index (χ2n) is 5.05. The summed E-state index contributed by atoms with van der Waals surface area (Å²) in [4.78, 5) is 2.53. The van der Waals surface area contributed by atoms with Crippen LogP contribution in [0.5, 0.6) is 0 Å². The van der Waals surface area contributed by atoms with Crippen LogP contribution >= 0.6 is 0 Å². The molecule has 1 rings (SSSR count). The third-order valence-corrected chi connectivity index (χ3v) is 3.59. The van der Waals surface area contributed by atoms with E-state index in [1.54, 1.807) is 0 Å². The summed E-state index contributed by atoms with van der Waals surface area (Å²) in [7, 11) is 0. The van der Waals surface area contributed by atoms with Gasteiger partial charge in [0.15, 0.2) is 0 Å². The van der Waals surface area contributed by atoms with E-state index in [9.17, 15) is 0 Å². The molecule has 2 atom stereocenters. The molecule has 3 nitrogen and oxygen atoms in total. The predicted molar refractivity (Wildman–Crippen MR) is 73.5 cm³/mol. The van der Waals surface area contributed by atoms with Gasteiger partial charge >= 0.3 is 0 Å². The zero-order valence-electron chi connectivity index (χ0n) is 11.9. The van der Waals surface area contributed by atoms with E-state index in [0.29, 0.717) is 12.1 Å². The second kappa shape index (κ2) is 8.90. The van der Waals surface area contributed by atoms with E-state index in [0.717, 1.165) is 32.8 Å². The maximum Gasteiger partial charge on any atom is 0.0702 e. The predicted octanol–water partition coefficient (Wildman–Crippen LogP) is 2.27. The van der Waals surface area contributed by atoms with Gasteiger partial charge < -0.3 is 10.1 Å². The number of nitrogens with zero attached hydrogens (tertiary/aromatic N) is 1. The molecule has 2 unspecified atom stereocenters. The average molecular weight is 242 g/mol. The third kappa shape index (κ3) is 5.84. The lowest BCUT2D eigenvalue weighted by molar-refractivity contribution is 0.0713. The van der Waals surface area contributed by atoms with Gasteiger partial charge in [0.2, 0.25) is 0 Å². The zero-order valence-corrected chi connectivity index (χ0v) is 11.9. The number of hydrogen-bond acceptors (Lipinski definition) is 3. The van der Waals surface area contributed by atoms with Gasteiger partial charge in [-0.15, -0.1) is 0 Å². The highest BCUT2D eigenvalue weighted by molar-refractivity contribution is 4.75. The highest BCUT2D eigenvalue weighted by Gasteiger charge is 2.19. The number of likely N-dealkylation sites (N-methyl/N-ethyl adjacent to an activating group) is 1. The van der Waals surface area contributed by atoms with Crippen molar-refractivity contribution in [3.63, 3.8) is 0 Å². The van der Waals surface area contributed by atoms with Gasteiger partial charge in [0.25, 0.3) is 0 Å². The normalized spacial score (nSPS) is 22.2. The Morgan fingerprint density at radius 3 is 2.71 bits per heavy atom. The SMILES string of the molecule is CCCNC(CC)CN(CC)CC1CCCO1. The van der Waals surface area contributed by atoms with Crippen LogP contribution in [0.4, 0.5) is 0 Å². The molecule has 0 radical (unpaired) electrons. The van der Waals surface area contributed by atoms with Crippen LogP contribution in [0.2, 0.25) is 0 Å². The van der Waals surface area contributed by atoms with E-state index >= 15 is 0 Å². The van der Waals surface area contributed by atoms with Crippen molar-refractivity contribution in [1.29, 1.82) is 0 Å². The van der Waals surface area contributed by atoms with Crippen molar-refractivity contribution in [3.8, 4) is 0 Å². The maximum atomic E-state index is 5.72. The molecule has 3 heteroatoms. The molecular formula is C14H30N2O. The summed E-state index contributed by atoms with van der Waals surface area (Å²) in [5, 5.41) is 3.63. The van der Waals surface area contributed by atoms with Gasteiger partial charge in [-0.2, -0.15) is 0 Å². The van der Waals surface area contributed by atoms with Crippen LogP contribution < -0.4 is 5.32 Å². The van der Waals surface area contributed by atoms with E-state index in [4.69, 9.17) is 4.74 Å². The molecule has 0 bridgehead atoms. The maximum absolute atomic E-state index is 5.72. The summed E-state index contributed by atoms with van der Waals surface area (Å²) >= 11 is 0. The van der Waals surface area contributed by atoms with Gasteiger partial charge in [0.05, 0.1) is 6.10 Å². The minimum atomic E-state index is 0.485. The van der Waals surface area contributed by atoms with Crippen LogP contribution in [0.15, 0.2) is 0 Å². The monoisotopic (exact) mass is 242 g/mol. The first-order chi connectivity index (χ1) is 8.30. The first-order valence-corrected chi connectivity index (χ1v) is 7.37. The fraction of sp³-hybridized carbons (Fsp3) is 1.00. The summed E-state index contributed by atoms with van der Waals surface area (Å²) in [5.74, 6) is 0. The molecule has 1 aliphatic heterocycles. The van der Waals surface area contributed by atoms with Crippen LogP contribution in [-0.2, 0) is 4.74 Å². The van der Waals surface area contributed by atoms with Crippen molar-refractivity contribution in [2.45, 2.75) is 58.6 Å². The average Bonchev–Trinajstić information content (AvgIpc) is 2.85. The molecule has 0 spiro atoms. The highest BCUT2D eigenvalue weighted by Crippen LogP contribution is 2.13. The number of rotatable bonds is 9. The first kappa shape index (κ1) is 14.9. The number of ether oxygens (including phenoxy) is 1. The van der Waals surface area contributed by atoms with Crippen molar-refractivity contribution in [2.75, 3.05) is 32.8 Å². The van der Waals surface area contributed by atoms with Gasteiger partial charge in [0.1, 0.15) is 0 Å². The standard InChI is InChI=1S/C14H30N2O/c1-4-9-15-13(5-2)11-16(6-3)12-14-8-7-10-17-14/h13-15H,4-12H2,1-3H3. The van der Waals surface area contributed by atoms with Gasteiger partial charge in [-0.3, -0.25) is 4.90 Å². The minimum absolute atomic E-state index is 0.485. The Morgan fingerprint density at radius 2 is 2.18 bits per heavy atom. The van der Waals surface area contributed by atoms with Gasteiger partial charge in [-0.05, 0) is 38.8 Å². The van der Waals surface area contributed by atoms with E-state index < -0.39 is 0 Å². The summed E-state index contributed by atoms with van der Waals surface area (Å²) in [6.07, 6.45) is 5.40. The van der Waals surface area contributed by atoms with E-state index in [-0.39, 0.29) is 0 Å². The van der Waals surface area contributed by atoms with Gasteiger partial charge in [-0.1, -0.05) is 20.8 Å². The Kier molecular flexibility index (Phi) is 7.82. The molecule has 0 aliphatic carbocycles. The van der Waals surface area contributed by atoms with Crippen LogP contribution in [0.25, 0.3) is 0 Å². The fourth-order valence-electron chi connectivity index (χ4n) is 2.41. The van der Waals surface area contributed by atoms with Crippen LogP contribution in [0.3, 0.4) is 0 Å². The smallest absolute Gasteiger partial charge is 0.0702 e. The second-order valence-corrected chi connectivity index (χ2v) is 5.05. The van der Waals surface area contributed by atoms with Crippen LogP contribution in [-0.4, -0.2) is 49.8 Å². The Labute approximate surface area is 107 Å². The third-order valence-electron chi connectivity index (χ3n) is 3.59. The Hall–Kier alpha value is -0.120. The van der Waals surface area contributed by atoms with E-state index in [1.807, 2.05) is 0 Å². The molecule has 0 aromatic carbocycles. The Balaban J connectivity index is 2.27. The minimum Gasteiger partial charge on any atom is -0.377 e. The molecule has 1 aliphatic rings.